The van der Waals surface area contributed by atoms with E-state index in [0.717, 1.165) is 44.4 Å². The van der Waals surface area contributed by atoms with Gasteiger partial charge in [0.2, 0.25) is 5.91 Å². The van der Waals surface area contributed by atoms with Crippen molar-refractivity contribution >= 4 is 17.7 Å². The highest BCUT2D eigenvalue weighted by molar-refractivity contribution is 7.99. The number of amides is 1. The molecule has 0 aliphatic heterocycles. The lowest BCUT2D eigenvalue weighted by molar-refractivity contribution is -0.124. The van der Waals surface area contributed by atoms with Crippen molar-refractivity contribution in [2.45, 2.75) is 63.7 Å². The van der Waals surface area contributed by atoms with Crippen LogP contribution in [0, 0.1) is 0 Å². The lowest BCUT2D eigenvalue weighted by Crippen LogP contribution is -2.53. The maximum Gasteiger partial charge on any atom is 0.237 e. The number of hydrogen-bond acceptors (Lipinski definition) is 4. The highest BCUT2D eigenvalue weighted by atomic mass is 32.2. The zero-order chi connectivity index (χ0) is 14.7. The van der Waals surface area contributed by atoms with Crippen LogP contribution in [0.1, 0.15) is 52.9 Å². The second kappa shape index (κ2) is 10.5. The number of nitrogens with two attached hydrogens (primary N) is 1. The van der Waals surface area contributed by atoms with Crippen molar-refractivity contribution in [2.75, 3.05) is 18.9 Å². The Morgan fingerprint density at radius 2 is 2.16 bits per heavy atom. The minimum atomic E-state index is -0.572. The van der Waals surface area contributed by atoms with Crippen molar-refractivity contribution in [2.24, 2.45) is 5.73 Å². The van der Waals surface area contributed by atoms with Gasteiger partial charge in [0.15, 0.2) is 0 Å². The molecule has 4 N–H and O–H groups in total. The summed E-state index contributed by atoms with van der Waals surface area (Å²) in [6.07, 6.45) is 4.71. The maximum absolute atomic E-state index is 11.5. The van der Waals surface area contributed by atoms with Gasteiger partial charge in [0.1, 0.15) is 0 Å². The number of rotatable bonds is 12. The van der Waals surface area contributed by atoms with Crippen LogP contribution in [0.2, 0.25) is 0 Å². The number of primary amides is 1. The molecule has 0 saturated heterocycles. The standard InChI is InChI=1S/C14H30N2O2S/c1-4-9-16-14(3,13(15)18)8-5-6-11-19-12(2)7-10-17/h12,16-17H,4-11H2,1-3H3,(H2,15,18). The Balaban J connectivity index is 3.84. The topological polar surface area (TPSA) is 75.3 Å². The van der Waals surface area contributed by atoms with Crippen molar-refractivity contribution in [1.29, 1.82) is 0 Å². The molecule has 19 heavy (non-hydrogen) atoms. The van der Waals surface area contributed by atoms with Crippen LogP contribution < -0.4 is 11.1 Å². The van der Waals surface area contributed by atoms with E-state index in [2.05, 4.69) is 19.2 Å². The van der Waals surface area contributed by atoms with E-state index in [9.17, 15) is 4.79 Å². The SMILES string of the molecule is CCCNC(C)(CCCCSC(C)CCO)C(N)=O. The molecule has 0 aromatic rings. The van der Waals surface area contributed by atoms with Crippen LogP contribution >= 0.6 is 11.8 Å². The van der Waals surface area contributed by atoms with Crippen LogP contribution in [0.3, 0.4) is 0 Å². The zero-order valence-corrected chi connectivity index (χ0v) is 13.4. The highest BCUT2D eigenvalue weighted by Gasteiger charge is 2.29. The number of thioether (sulfide) groups is 1. The number of nitrogens with one attached hydrogen (secondary N) is 1. The molecule has 0 fully saturated rings. The second-order valence-corrected chi connectivity index (χ2v) is 6.82. The van der Waals surface area contributed by atoms with Gasteiger partial charge >= 0.3 is 0 Å². The van der Waals surface area contributed by atoms with Crippen LogP contribution in [0.15, 0.2) is 0 Å². The number of aliphatic hydroxyl groups excluding tert-OH is 1. The van der Waals surface area contributed by atoms with Gasteiger partial charge in [-0.05, 0) is 44.9 Å². The molecular weight excluding hydrogens is 260 g/mol. The molecule has 2 atom stereocenters. The third-order valence-corrected chi connectivity index (χ3v) is 4.65. The summed E-state index contributed by atoms with van der Waals surface area (Å²) >= 11 is 1.88. The third-order valence-electron chi connectivity index (χ3n) is 3.32. The van der Waals surface area contributed by atoms with E-state index in [-0.39, 0.29) is 12.5 Å². The molecule has 0 heterocycles. The lowest BCUT2D eigenvalue weighted by atomic mass is 9.94. The van der Waals surface area contributed by atoms with Gasteiger partial charge in [-0.3, -0.25) is 4.79 Å². The van der Waals surface area contributed by atoms with Crippen molar-refractivity contribution in [1.82, 2.24) is 5.32 Å². The Morgan fingerprint density at radius 3 is 2.68 bits per heavy atom. The summed E-state index contributed by atoms with van der Waals surface area (Å²) < 4.78 is 0. The molecule has 114 valence electrons. The van der Waals surface area contributed by atoms with Crippen molar-refractivity contribution in [3.8, 4) is 0 Å². The van der Waals surface area contributed by atoms with Crippen LogP contribution in [-0.4, -0.2) is 40.7 Å². The van der Waals surface area contributed by atoms with E-state index in [1.54, 1.807) is 0 Å². The highest BCUT2D eigenvalue weighted by Crippen LogP contribution is 2.19. The Hall–Kier alpha value is -0.260. The predicted molar refractivity (Wildman–Crippen MR) is 83.4 cm³/mol. The largest absolute Gasteiger partial charge is 0.396 e. The molecule has 1 amide bonds. The number of aliphatic hydroxyl groups is 1. The molecule has 0 spiro atoms. The van der Waals surface area contributed by atoms with Gasteiger partial charge < -0.3 is 16.2 Å². The molecule has 2 unspecified atom stereocenters. The predicted octanol–water partition coefficient (Wildman–Crippen LogP) is 1.90. The molecule has 5 heteroatoms. The van der Waals surface area contributed by atoms with Crippen LogP contribution in [-0.2, 0) is 4.79 Å². The maximum atomic E-state index is 11.5. The minimum Gasteiger partial charge on any atom is -0.396 e. The fourth-order valence-corrected chi connectivity index (χ4v) is 2.88. The molecule has 0 aliphatic carbocycles. The van der Waals surface area contributed by atoms with Gasteiger partial charge in [0.05, 0.1) is 5.54 Å². The van der Waals surface area contributed by atoms with E-state index in [1.807, 2.05) is 18.7 Å². The number of hydrogen-bond donors (Lipinski definition) is 3. The van der Waals surface area contributed by atoms with E-state index in [0.29, 0.717) is 5.25 Å². The van der Waals surface area contributed by atoms with Crippen molar-refractivity contribution in [3.63, 3.8) is 0 Å². The number of carbonyl (C=O) groups is 1. The second-order valence-electron chi connectivity index (χ2n) is 5.27. The smallest absolute Gasteiger partial charge is 0.237 e. The van der Waals surface area contributed by atoms with Gasteiger partial charge in [-0.2, -0.15) is 11.8 Å². The van der Waals surface area contributed by atoms with E-state index >= 15 is 0 Å². The summed E-state index contributed by atoms with van der Waals surface area (Å²) in [5.74, 6) is 0.811. The quantitative estimate of drug-likeness (QED) is 0.480. The zero-order valence-electron chi connectivity index (χ0n) is 12.6. The molecule has 0 bridgehead atoms. The minimum absolute atomic E-state index is 0.259. The Bertz CT molecular complexity index is 252. The first kappa shape index (κ1) is 18.7. The molecule has 0 saturated carbocycles. The molecule has 4 nitrogen and oxygen atoms in total. The summed E-state index contributed by atoms with van der Waals surface area (Å²) in [5, 5.41) is 12.6. The number of unbranched alkanes of at least 4 members (excludes halogenated alkanes) is 1. The fourth-order valence-electron chi connectivity index (χ4n) is 1.83. The summed E-state index contributed by atoms with van der Waals surface area (Å²) in [6.45, 7) is 7.19. The van der Waals surface area contributed by atoms with Crippen LogP contribution in [0.25, 0.3) is 0 Å². The van der Waals surface area contributed by atoms with E-state index in [4.69, 9.17) is 10.8 Å². The summed E-state index contributed by atoms with van der Waals surface area (Å²) in [6, 6.07) is 0. The number of carbonyl (C=O) groups excluding carboxylic acids is 1. The van der Waals surface area contributed by atoms with E-state index < -0.39 is 5.54 Å². The van der Waals surface area contributed by atoms with Gasteiger partial charge in [-0.1, -0.05) is 20.3 Å². The molecule has 0 radical (unpaired) electrons. The first-order chi connectivity index (χ1) is 8.96. The fraction of sp³-hybridized carbons (Fsp3) is 0.929. The molecule has 0 aliphatic rings. The van der Waals surface area contributed by atoms with Gasteiger partial charge in [-0.25, -0.2) is 0 Å². The molecule has 0 aromatic heterocycles. The summed E-state index contributed by atoms with van der Waals surface area (Å²) in [7, 11) is 0. The van der Waals surface area contributed by atoms with Gasteiger partial charge in [0.25, 0.3) is 0 Å². The monoisotopic (exact) mass is 290 g/mol. The first-order valence-electron chi connectivity index (χ1n) is 7.23. The summed E-state index contributed by atoms with van der Waals surface area (Å²) in [5.41, 5.74) is 4.91. The van der Waals surface area contributed by atoms with Gasteiger partial charge in [0, 0.05) is 11.9 Å². The Kier molecular flexibility index (Phi) is 10.4. The van der Waals surface area contributed by atoms with Crippen molar-refractivity contribution in [3.05, 3.63) is 0 Å². The Morgan fingerprint density at radius 1 is 1.47 bits per heavy atom. The third kappa shape index (κ3) is 8.50. The average Bonchev–Trinajstić information content (AvgIpc) is 2.36. The first-order valence-corrected chi connectivity index (χ1v) is 8.28. The van der Waals surface area contributed by atoms with Crippen LogP contribution in [0.4, 0.5) is 0 Å². The van der Waals surface area contributed by atoms with Crippen LogP contribution in [0.5, 0.6) is 0 Å². The average molecular weight is 290 g/mol. The molecule has 0 rings (SSSR count). The normalized spacial score (nSPS) is 16.0. The Labute approximate surface area is 121 Å². The molecule has 0 aromatic carbocycles. The van der Waals surface area contributed by atoms with E-state index in [1.165, 1.54) is 0 Å². The summed E-state index contributed by atoms with van der Waals surface area (Å²) in [4.78, 5) is 11.5. The van der Waals surface area contributed by atoms with Crippen molar-refractivity contribution < 1.29 is 9.90 Å². The molecular formula is C14H30N2O2S. The van der Waals surface area contributed by atoms with Gasteiger partial charge in [-0.15, -0.1) is 0 Å². The lowest BCUT2D eigenvalue weighted by Gasteiger charge is -2.27.